The van der Waals surface area contributed by atoms with Gasteiger partial charge in [0.15, 0.2) is 11.6 Å². The zero-order valence-electron chi connectivity index (χ0n) is 18.2. The predicted molar refractivity (Wildman–Crippen MR) is 127 cm³/mol. The molecule has 4 rings (SSSR count). The lowest BCUT2D eigenvalue weighted by molar-refractivity contribution is 0.0932. The molecule has 0 saturated carbocycles. The van der Waals surface area contributed by atoms with E-state index >= 15 is 0 Å². The fourth-order valence-electron chi connectivity index (χ4n) is 4.03. The van der Waals surface area contributed by atoms with Crippen molar-refractivity contribution >= 4 is 41.0 Å². The number of ketones is 1. The van der Waals surface area contributed by atoms with Crippen molar-refractivity contribution in [3.63, 3.8) is 0 Å². The highest BCUT2D eigenvalue weighted by Crippen LogP contribution is 2.30. The number of benzene rings is 2. The first-order valence-electron chi connectivity index (χ1n) is 10.6. The molecule has 1 atom stereocenters. The van der Waals surface area contributed by atoms with Crippen molar-refractivity contribution in [1.29, 1.82) is 0 Å². The quantitative estimate of drug-likeness (QED) is 0.487. The Labute approximate surface area is 201 Å². The predicted octanol–water partition coefficient (Wildman–Crippen LogP) is 3.40. The van der Waals surface area contributed by atoms with Gasteiger partial charge < -0.3 is 21.1 Å². The average molecular weight is 487 g/mol. The van der Waals surface area contributed by atoms with Crippen LogP contribution in [-0.4, -0.2) is 51.8 Å². The molecule has 10 heteroatoms. The van der Waals surface area contributed by atoms with Crippen molar-refractivity contribution in [2.45, 2.75) is 25.3 Å². The fourth-order valence-corrected chi connectivity index (χ4v) is 4.03. The van der Waals surface area contributed by atoms with Gasteiger partial charge in [-0.1, -0.05) is 18.2 Å². The molecule has 2 aromatic carbocycles. The molecule has 3 aromatic rings. The second kappa shape index (κ2) is 10.5. The lowest BCUT2D eigenvalue weighted by atomic mass is 9.98. The number of phenols is 1. The number of aromatic hydroxyl groups is 1. The van der Waals surface area contributed by atoms with Gasteiger partial charge in [-0.25, -0.2) is 9.18 Å². The molecule has 0 bridgehead atoms. The van der Waals surface area contributed by atoms with Gasteiger partial charge in [0.2, 0.25) is 0 Å². The summed E-state index contributed by atoms with van der Waals surface area (Å²) in [6, 6.07) is 9.72. The van der Waals surface area contributed by atoms with E-state index in [4.69, 9.17) is 5.73 Å². The number of carbonyl (C=O) groups is 3. The van der Waals surface area contributed by atoms with Crippen LogP contribution < -0.4 is 11.1 Å². The minimum Gasteiger partial charge on any atom is -0.507 e. The molecule has 8 nitrogen and oxygen atoms in total. The summed E-state index contributed by atoms with van der Waals surface area (Å²) in [5.41, 5.74) is 5.33. The van der Waals surface area contributed by atoms with Crippen LogP contribution in [0.4, 0.5) is 9.18 Å². The summed E-state index contributed by atoms with van der Waals surface area (Å²) in [6.07, 6.45) is 3.46. The number of urea groups is 1. The van der Waals surface area contributed by atoms with Crippen LogP contribution in [0.2, 0.25) is 0 Å². The molecular weight excluding hydrogens is 463 g/mol. The Kier molecular flexibility index (Phi) is 7.68. The Hall–Kier alpha value is -3.72. The zero-order valence-corrected chi connectivity index (χ0v) is 19.0. The molecule has 34 heavy (non-hydrogen) atoms. The minimum atomic E-state index is -0.893. The number of halogens is 2. The molecule has 1 aliphatic rings. The molecule has 1 fully saturated rings. The number of primary amides is 1. The number of fused-ring (bicyclic) bond motifs is 1. The van der Waals surface area contributed by atoms with Crippen molar-refractivity contribution < 1.29 is 23.9 Å². The summed E-state index contributed by atoms with van der Waals surface area (Å²) in [5, 5.41) is 13.6. The zero-order chi connectivity index (χ0) is 23.5. The number of nitrogens with two attached hydrogens (primary N) is 1. The molecule has 1 aliphatic heterocycles. The van der Waals surface area contributed by atoms with E-state index in [9.17, 15) is 23.9 Å². The third-order valence-electron chi connectivity index (χ3n) is 5.83. The lowest BCUT2D eigenvalue weighted by Crippen LogP contribution is -2.38. The van der Waals surface area contributed by atoms with Crippen LogP contribution in [-0.2, 0) is 0 Å². The highest BCUT2D eigenvalue weighted by molar-refractivity contribution is 6.13. The van der Waals surface area contributed by atoms with Crippen LogP contribution in [0.1, 0.15) is 45.5 Å². The molecule has 0 spiro atoms. The Morgan fingerprint density at radius 1 is 1.09 bits per heavy atom. The number of aromatic nitrogens is 1. The van der Waals surface area contributed by atoms with E-state index in [2.05, 4.69) is 10.3 Å². The molecule has 0 radical (unpaired) electrons. The van der Waals surface area contributed by atoms with Gasteiger partial charge in [0, 0.05) is 41.8 Å². The summed E-state index contributed by atoms with van der Waals surface area (Å²) in [5.74, 6) is -2.38. The number of phenolic OH excluding ortho intramolecular Hbond substituents is 1. The SMILES string of the molecule is Cl.NC(=O)N1CCC[C@H](NC(=O)c2ccc(C(=O)c3c(O)cc4cccnc4c3F)cc2)CC1. The number of carbonyl (C=O) groups excluding carboxylic acids is 3. The minimum absolute atomic E-state index is 0. The number of hydrogen-bond acceptors (Lipinski definition) is 5. The number of amides is 3. The topological polar surface area (TPSA) is 126 Å². The van der Waals surface area contributed by atoms with Gasteiger partial charge in [-0.15, -0.1) is 12.4 Å². The second-order valence-corrected chi connectivity index (χ2v) is 7.99. The van der Waals surface area contributed by atoms with Crippen LogP contribution in [0.3, 0.4) is 0 Å². The van der Waals surface area contributed by atoms with E-state index in [-0.39, 0.29) is 35.4 Å². The number of nitrogens with zero attached hydrogens (tertiary/aromatic N) is 2. The Balaban J connectivity index is 0.00000324. The summed E-state index contributed by atoms with van der Waals surface area (Å²) in [6.45, 7) is 1.04. The van der Waals surface area contributed by atoms with Crippen LogP contribution in [0.15, 0.2) is 48.7 Å². The number of nitrogens with one attached hydrogen (secondary N) is 1. The molecule has 178 valence electrons. The van der Waals surface area contributed by atoms with E-state index in [1.807, 2.05) is 0 Å². The molecular formula is C24H24ClFN4O4. The Bertz CT molecular complexity index is 1240. The van der Waals surface area contributed by atoms with Crippen molar-refractivity contribution in [1.82, 2.24) is 15.2 Å². The first kappa shape index (κ1) is 24.9. The van der Waals surface area contributed by atoms with Gasteiger partial charge in [-0.05, 0) is 43.5 Å². The van der Waals surface area contributed by atoms with Crippen LogP contribution >= 0.6 is 12.4 Å². The fraction of sp³-hybridized carbons (Fsp3) is 0.250. The van der Waals surface area contributed by atoms with Crippen LogP contribution in [0, 0.1) is 5.82 Å². The summed E-state index contributed by atoms with van der Waals surface area (Å²) < 4.78 is 14.9. The maximum atomic E-state index is 14.9. The van der Waals surface area contributed by atoms with E-state index in [0.29, 0.717) is 30.5 Å². The maximum absolute atomic E-state index is 14.9. The summed E-state index contributed by atoms with van der Waals surface area (Å²) in [7, 11) is 0. The molecule has 0 unspecified atom stereocenters. The first-order chi connectivity index (χ1) is 15.8. The van der Waals surface area contributed by atoms with E-state index in [1.54, 1.807) is 17.0 Å². The summed E-state index contributed by atoms with van der Waals surface area (Å²) in [4.78, 5) is 42.4. The van der Waals surface area contributed by atoms with Crippen molar-refractivity contribution in [3.8, 4) is 5.75 Å². The molecule has 0 aliphatic carbocycles. The van der Waals surface area contributed by atoms with Crippen molar-refractivity contribution in [3.05, 3.63) is 71.2 Å². The highest BCUT2D eigenvalue weighted by Gasteiger charge is 2.23. The van der Waals surface area contributed by atoms with Gasteiger partial charge in [0.1, 0.15) is 16.8 Å². The van der Waals surface area contributed by atoms with Gasteiger partial charge >= 0.3 is 6.03 Å². The third-order valence-corrected chi connectivity index (χ3v) is 5.83. The first-order valence-corrected chi connectivity index (χ1v) is 10.6. The molecule has 4 N–H and O–H groups in total. The molecule has 2 heterocycles. The van der Waals surface area contributed by atoms with Crippen LogP contribution in [0.5, 0.6) is 5.75 Å². The van der Waals surface area contributed by atoms with Gasteiger partial charge in [0.05, 0.1) is 0 Å². The number of hydrogen-bond donors (Lipinski definition) is 3. The number of pyridine rings is 1. The maximum Gasteiger partial charge on any atom is 0.314 e. The van der Waals surface area contributed by atoms with E-state index in [0.717, 1.165) is 12.8 Å². The lowest BCUT2D eigenvalue weighted by Gasteiger charge is -2.18. The van der Waals surface area contributed by atoms with E-state index in [1.165, 1.54) is 36.5 Å². The largest absolute Gasteiger partial charge is 0.507 e. The highest BCUT2D eigenvalue weighted by atomic mass is 35.5. The number of likely N-dealkylation sites (tertiary alicyclic amines) is 1. The van der Waals surface area contributed by atoms with Crippen molar-refractivity contribution in [2.75, 3.05) is 13.1 Å². The number of rotatable bonds is 4. The van der Waals surface area contributed by atoms with Gasteiger partial charge in [-0.3, -0.25) is 14.6 Å². The summed E-state index contributed by atoms with van der Waals surface area (Å²) >= 11 is 0. The Morgan fingerprint density at radius 3 is 2.50 bits per heavy atom. The second-order valence-electron chi connectivity index (χ2n) is 7.99. The van der Waals surface area contributed by atoms with Gasteiger partial charge in [0.25, 0.3) is 5.91 Å². The van der Waals surface area contributed by atoms with E-state index < -0.39 is 28.9 Å². The third kappa shape index (κ3) is 5.09. The smallest absolute Gasteiger partial charge is 0.314 e. The van der Waals surface area contributed by atoms with Crippen molar-refractivity contribution in [2.24, 2.45) is 5.73 Å². The molecule has 3 amide bonds. The Morgan fingerprint density at radius 2 is 1.79 bits per heavy atom. The normalized spacial score (nSPS) is 15.8. The van der Waals surface area contributed by atoms with Crippen LogP contribution in [0.25, 0.3) is 10.9 Å². The molecule has 1 aromatic heterocycles. The average Bonchev–Trinajstić information content (AvgIpc) is 3.05. The molecule has 1 saturated heterocycles. The monoisotopic (exact) mass is 486 g/mol. The standard InChI is InChI=1S/C24H23FN4O4.ClH/c25-20-19(18(30)13-16-3-1-10-27-21(16)20)22(31)14-5-7-15(8-6-14)23(32)28-17-4-2-11-29(12-9-17)24(26)33;/h1,3,5-8,10,13,17,30H,2,4,9,11-12H2,(H2,26,33)(H,28,32);1H/t17-;/m0./s1. The van der Waals surface area contributed by atoms with Gasteiger partial charge in [-0.2, -0.15) is 0 Å².